The highest BCUT2D eigenvalue weighted by Gasteiger charge is 2.14. The van der Waals surface area contributed by atoms with Crippen LogP contribution in [-0.2, 0) is 6.61 Å². The van der Waals surface area contributed by atoms with E-state index in [1.807, 2.05) is 60.7 Å². The number of carbonyl (C=O) groups excluding carboxylic acids is 1. The monoisotopic (exact) mass is 296 g/mol. The smallest absolute Gasteiger partial charge is 0.256 e. The van der Waals surface area contributed by atoms with Crippen LogP contribution in [0, 0.1) is 0 Å². The summed E-state index contributed by atoms with van der Waals surface area (Å²) in [6.07, 6.45) is 0. The molecule has 0 spiro atoms. The Kier molecular flexibility index (Phi) is 3.89. The molecule has 0 atom stereocenters. The van der Waals surface area contributed by atoms with Gasteiger partial charge in [-0.1, -0.05) is 60.7 Å². The zero-order valence-electron chi connectivity index (χ0n) is 11.3. The number of rotatable bonds is 4. The molecule has 21 heavy (non-hydrogen) atoms. The molecular formula is C18H13ClO2. The van der Waals surface area contributed by atoms with Crippen LogP contribution < -0.4 is 4.74 Å². The van der Waals surface area contributed by atoms with Gasteiger partial charge in [0.25, 0.3) is 5.24 Å². The molecule has 0 aromatic heterocycles. The van der Waals surface area contributed by atoms with Crippen LogP contribution in [0.3, 0.4) is 0 Å². The minimum Gasteiger partial charge on any atom is -0.488 e. The summed E-state index contributed by atoms with van der Waals surface area (Å²) in [4.78, 5) is 11.8. The van der Waals surface area contributed by atoms with Crippen LogP contribution in [0.1, 0.15) is 15.9 Å². The van der Waals surface area contributed by atoms with Crippen molar-refractivity contribution in [2.24, 2.45) is 0 Å². The van der Waals surface area contributed by atoms with Crippen molar-refractivity contribution in [3.63, 3.8) is 0 Å². The van der Waals surface area contributed by atoms with Crippen molar-refractivity contribution in [3.05, 3.63) is 77.9 Å². The van der Waals surface area contributed by atoms with Crippen LogP contribution in [0.2, 0.25) is 0 Å². The molecular weight excluding hydrogens is 284 g/mol. The molecule has 0 aliphatic rings. The third kappa shape index (κ3) is 2.91. The average Bonchev–Trinajstić information content (AvgIpc) is 2.53. The number of halogens is 1. The van der Waals surface area contributed by atoms with Gasteiger partial charge >= 0.3 is 0 Å². The van der Waals surface area contributed by atoms with Crippen LogP contribution in [0.4, 0.5) is 0 Å². The van der Waals surface area contributed by atoms with Gasteiger partial charge in [-0.05, 0) is 34.0 Å². The first-order valence-corrected chi connectivity index (χ1v) is 7.02. The molecule has 3 rings (SSSR count). The Balaban J connectivity index is 1.98. The minimum absolute atomic E-state index is 0.399. The fourth-order valence-corrected chi connectivity index (χ4v) is 2.50. The molecule has 0 heterocycles. The van der Waals surface area contributed by atoms with E-state index in [0.717, 1.165) is 16.3 Å². The number of benzene rings is 3. The molecule has 0 bridgehead atoms. The van der Waals surface area contributed by atoms with Gasteiger partial charge in [-0.15, -0.1) is 0 Å². The normalized spacial score (nSPS) is 10.5. The summed E-state index contributed by atoms with van der Waals surface area (Å²) in [6, 6.07) is 21.2. The number of ether oxygens (including phenoxy) is 1. The zero-order valence-corrected chi connectivity index (χ0v) is 12.0. The second kappa shape index (κ2) is 5.98. The highest BCUT2D eigenvalue weighted by molar-refractivity contribution is 6.69. The van der Waals surface area contributed by atoms with Crippen molar-refractivity contribution < 1.29 is 9.53 Å². The fraction of sp³-hybridized carbons (Fsp3) is 0.0556. The Morgan fingerprint density at radius 1 is 0.905 bits per heavy atom. The SMILES string of the molecule is O=C(Cl)c1c(OCc2ccccc2)ccc2ccccc12. The Bertz CT molecular complexity index is 782. The lowest BCUT2D eigenvalue weighted by Gasteiger charge is -2.11. The molecule has 3 heteroatoms. The summed E-state index contributed by atoms with van der Waals surface area (Å²) < 4.78 is 5.79. The van der Waals surface area contributed by atoms with Crippen molar-refractivity contribution >= 4 is 27.6 Å². The largest absolute Gasteiger partial charge is 0.488 e. The van der Waals surface area contributed by atoms with Crippen molar-refractivity contribution in [1.29, 1.82) is 0 Å². The first kappa shape index (κ1) is 13.7. The van der Waals surface area contributed by atoms with Gasteiger partial charge < -0.3 is 4.74 Å². The van der Waals surface area contributed by atoms with E-state index in [2.05, 4.69) is 0 Å². The lowest BCUT2D eigenvalue weighted by molar-refractivity contribution is 0.107. The van der Waals surface area contributed by atoms with Gasteiger partial charge in [0.2, 0.25) is 0 Å². The topological polar surface area (TPSA) is 26.3 Å². The van der Waals surface area contributed by atoms with Crippen LogP contribution in [0.25, 0.3) is 10.8 Å². The van der Waals surface area contributed by atoms with E-state index in [0.29, 0.717) is 17.9 Å². The molecule has 0 aliphatic carbocycles. The van der Waals surface area contributed by atoms with Crippen LogP contribution in [0.15, 0.2) is 66.7 Å². The van der Waals surface area contributed by atoms with E-state index in [9.17, 15) is 4.79 Å². The maximum atomic E-state index is 11.8. The summed E-state index contributed by atoms with van der Waals surface area (Å²) in [7, 11) is 0. The standard InChI is InChI=1S/C18H13ClO2/c19-18(20)17-15-9-5-4-8-14(15)10-11-16(17)21-12-13-6-2-1-3-7-13/h1-11H,12H2. The van der Waals surface area contributed by atoms with Crippen LogP contribution >= 0.6 is 11.6 Å². The molecule has 104 valence electrons. The quantitative estimate of drug-likeness (QED) is 0.647. The van der Waals surface area contributed by atoms with E-state index >= 15 is 0 Å². The second-order valence-electron chi connectivity index (χ2n) is 4.71. The Morgan fingerprint density at radius 2 is 1.62 bits per heavy atom. The van der Waals surface area contributed by atoms with E-state index in [1.54, 1.807) is 6.07 Å². The predicted molar refractivity (Wildman–Crippen MR) is 84.9 cm³/mol. The van der Waals surface area contributed by atoms with Crippen molar-refractivity contribution in [1.82, 2.24) is 0 Å². The molecule has 0 radical (unpaired) electrons. The summed E-state index contributed by atoms with van der Waals surface area (Å²) in [6.45, 7) is 0.399. The Hall–Kier alpha value is -2.32. The van der Waals surface area contributed by atoms with Gasteiger partial charge in [-0.2, -0.15) is 0 Å². The number of hydrogen-bond donors (Lipinski definition) is 0. The second-order valence-corrected chi connectivity index (χ2v) is 5.05. The van der Waals surface area contributed by atoms with Gasteiger partial charge in [0.05, 0.1) is 5.56 Å². The molecule has 2 nitrogen and oxygen atoms in total. The third-order valence-electron chi connectivity index (χ3n) is 3.32. The van der Waals surface area contributed by atoms with E-state index in [-0.39, 0.29) is 0 Å². The molecule has 0 saturated carbocycles. The zero-order chi connectivity index (χ0) is 14.7. The minimum atomic E-state index is -0.505. The lowest BCUT2D eigenvalue weighted by Crippen LogP contribution is -2.01. The first-order valence-electron chi connectivity index (χ1n) is 6.64. The fourth-order valence-electron chi connectivity index (χ4n) is 2.31. The van der Waals surface area contributed by atoms with Crippen molar-refractivity contribution in [2.45, 2.75) is 6.61 Å². The Labute approximate surface area is 127 Å². The van der Waals surface area contributed by atoms with E-state index in [4.69, 9.17) is 16.3 Å². The average molecular weight is 297 g/mol. The van der Waals surface area contributed by atoms with Gasteiger partial charge in [0.1, 0.15) is 12.4 Å². The molecule has 0 unspecified atom stereocenters. The highest BCUT2D eigenvalue weighted by Crippen LogP contribution is 2.30. The molecule has 0 fully saturated rings. The third-order valence-corrected chi connectivity index (χ3v) is 3.51. The van der Waals surface area contributed by atoms with Crippen molar-refractivity contribution in [3.8, 4) is 5.75 Å². The van der Waals surface area contributed by atoms with Crippen LogP contribution in [-0.4, -0.2) is 5.24 Å². The van der Waals surface area contributed by atoms with Crippen LogP contribution in [0.5, 0.6) is 5.75 Å². The molecule has 0 amide bonds. The Morgan fingerprint density at radius 3 is 2.38 bits per heavy atom. The summed E-state index contributed by atoms with van der Waals surface area (Å²) >= 11 is 5.75. The van der Waals surface area contributed by atoms with E-state index < -0.39 is 5.24 Å². The molecule has 0 aliphatic heterocycles. The summed E-state index contributed by atoms with van der Waals surface area (Å²) in [5, 5.41) is 1.27. The number of carbonyl (C=O) groups is 1. The number of fused-ring (bicyclic) bond motifs is 1. The summed E-state index contributed by atoms with van der Waals surface area (Å²) in [5.41, 5.74) is 1.46. The highest BCUT2D eigenvalue weighted by atomic mass is 35.5. The maximum Gasteiger partial charge on any atom is 0.256 e. The van der Waals surface area contributed by atoms with Crippen molar-refractivity contribution in [2.75, 3.05) is 0 Å². The number of hydrogen-bond acceptors (Lipinski definition) is 2. The van der Waals surface area contributed by atoms with Gasteiger partial charge in [-0.25, -0.2) is 0 Å². The van der Waals surface area contributed by atoms with Gasteiger partial charge in [-0.3, -0.25) is 4.79 Å². The van der Waals surface area contributed by atoms with E-state index in [1.165, 1.54) is 0 Å². The molecule has 0 saturated heterocycles. The van der Waals surface area contributed by atoms with Gasteiger partial charge in [0, 0.05) is 0 Å². The molecule has 3 aromatic rings. The summed E-state index contributed by atoms with van der Waals surface area (Å²) in [5.74, 6) is 0.512. The molecule has 3 aromatic carbocycles. The predicted octanol–water partition coefficient (Wildman–Crippen LogP) is 4.80. The maximum absolute atomic E-state index is 11.8. The van der Waals surface area contributed by atoms with Gasteiger partial charge in [0.15, 0.2) is 0 Å². The lowest BCUT2D eigenvalue weighted by atomic mass is 10.0. The first-order chi connectivity index (χ1) is 10.3. The molecule has 0 N–H and O–H groups in total.